The van der Waals surface area contributed by atoms with Crippen molar-refractivity contribution >= 4 is 5.91 Å². The summed E-state index contributed by atoms with van der Waals surface area (Å²) in [4.78, 5) is 15.0. The van der Waals surface area contributed by atoms with E-state index in [1.807, 2.05) is 0 Å². The number of likely N-dealkylation sites (tertiary alicyclic amines) is 1. The number of hydrogen-bond donors (Lipinski definition) is 1. The lowest BCUT2D eigenvalue weighted by atomic mass is 9.81. The molecular weight excluding hydrogens is 272 g/mol. The summed E-state index contributed by atoms with van der Waals surface area (Å²) in [6.45, 7) is 2.62. The lowest BCUT2D eigenvalue weighted by Gasteiger charge is -2.37. The molecule has 1 aromatic carbocycles. The molecule has 1 amide bonds. The largest absolute Gasteiger partial charge is 0.342 e. The first-order chi connectivity index (χ1) is 10.8. The van der Waals surface area contributed by atoms with Crippen LogP contribution in [0.2, 0.25) is 0 Å². The molecule has 0 unspecified atom stereocenters. The maximum atomic E-state index is 12.8. The number of nitrogens with two attached hydrogens (primary N) is 1. The minimum Gasteiger partial charge on any atom is -0.342 e. The third kappa shape index (κ3) is 3.52. The van der Waals surface area contributed by atoms with Crippen LogP contribution in [0.15, 0.2) is 30.3 Å². The summed E-state index contributed by atoms with van der Waals surface area (Å²) in [6.07, 6.45) is 6.66. The molecule has 0 radical (unpaired) electrons. The van der Waals surface area contributed by atoms with Crippen molar-refractivity contribution in [2.45, 2.75) is 44.4 Å². The standard InChI is InChI=1S/C19H28N2O/c20-13-15-8-10-17(11-9-15)19(22)21-12-4-7-18(14-21)16-5-2-1-3-6-16/h1-3,5-6,15,17-18H,4,7-14,20H2/t15?,17?,18-/m1/s1. The monoisotopic (exact) mass is 300 g/mol. The van der Waals surface area contributed by atoms with Gasteiger partial charge in [0.2, 0.25) is 5.91 Å². The first-order valence-corrected chi connectivity index (χ1v) is 8.81. The van der Waals surface area contributed by atoms with Crippen LogP contribution in [-0.4, -0.2) is 30.4 Å². The van der Waals surface area contributed by atoms with E-state index in [1.165, 1.54) is 12.0 Å². The smallest absolute Gasteiger partial charge is 0.225 e. The number of carbonyl (C=O) groups excluding carboxylic acids is 1. The highest BCUT2D eigenvalue weighted by molar-refractivity contribution is 5.79. The summed E-state index contributed by atoms with van der Waals surface area (Å²) in [5, 5.41) is 0. The summed E-state index contributed by atoms with van der Waals surface area (Å²) in [5.41, 5.74) is 7.14. The van der Waals surface area contributed by atoms with Crippen LogP contribution in [0.1, 0.15) is 50.0 Å². The summed E-state index contributed by atoms with van der Waals surface area (Å²) < 4.78 is 0. The average Bonchev–Trinajstić information content (AvgIpc) is 2.62. The number of carbonyl (C=O) groups is 1. The molecule has 1 aliphatic carbocycles. The van der Waals surface area contributed by atoms with Crippen LogP contribution in [0.3, 0.4) is 0 Å². The van der Waals surface area contributed by atoms with E-state index in [0.29, 0.717) is 17.7 Å². The van der Waals surface area contributed by atoms with Crippen molar-refractivity contribution in [2.24, 2.45) is 17.6 Å². The van der Waals surface area contributed by atoms with Crippen molar-refractivity contribution in [2.75, 3.05) is 19.6 Å². The molecule has 1 saturated carbocycles. The maximum absolute atomic E-state index is 12.8. The van der Waals surface area contributed by atoms with Crippen molar-refractivity contribution in [1.82, 2.24) is 4.90 Å². The Hall–Kier alpha value is -1.35. The van der Waals surface area contributed by atoms with Crippen molar-refractivity contribution in [3.8, 4) is 0 Å². The van der Waals surface area contributed by atoms with E-state index in [1.54, 1.807) is 0 Å². The molecule has 1 heterocycles. The van der Waals surface area contributed by atoms with Gasteiger partial charge in [-0.15, -0.1) is 0 Å². The topological polar surface area (TPSA) is 46.3 Å². The normalized spacial score (nSPS) is 29.3. The highest BCUT2D eigenvalue weighted by Crippen LogP contribution is 2.32. The van der Waals surface area contributed by atoms with Crippen LogP contribution in [0.4, 0.5) is 0 Å². The Labute approximate surface area is 133 Å². The summed E-state index contributed by atoms with van der Waals surface area (Å²) >= 11 is 0. The zero-order valence-electron chi connectivity index (χ0n) is 13.4. The molecule has 2 N–H and O–H groups in total. The Morgan fingerprint density at radius 1 is 1.09 bits per heavy atom. The first-order valence-electron chi connectivity index (χ1n) is 8.81. The Kier molecular flexibility index (Phi) is 5.14. The summed E-state index contributed by atoms with van der Waals surface area (Å²) in [5.74, 6) is 1.80. The molecule has 1 aromatic rings. The van der Waals surface area contributed by atoms with Gasteiger partial charge in [0, 0.05) is 24.9 Å². The minimum absolute atomic E-state index is 0.248. The van der Waals surface area contributed by atoms with Crippen LogP contribution in [0.25, 0.3) is 0 Å². The van der Waals surface area contributed by atoms with Crippen molar-refractivity contribution in [3.05, 3.63) is 35.9 Å². The van der Waals surface area contributed by atoms with E-state index in [4.69, 9.17) is 5.73 Å². The van der Waals surface area contributed by atoms with Gasteiger partial charge in [0.15, 0.2) is 0 Å². The van der Waals surface area contributed by atoms with E-state index in [2.05, 4.69) is 35.2 Å². The minimum atomic E-state index is 0.248. The molecule has 0 bridgehead atoms. The molecule has 120 valence electrons. The molecule has 3 rings (SSSR count). The lowest BCUT2D eigenvalue weighted by Crippen LogP contribution is -2.43. The highest BCUT2D eigenvalue weighted by Gasteiger charge is 2.31. The van der Waals surface area contributed by atoms with E-state index in [-0.39, 0.29) is 5.92 Å². The quantitative estimate of drug-likeness (QED) is 0.932. The molecule has 1 aliphatic heterocycles. The lowest BCUT2D eigenvalue weighted by molar-refractivity contribution is -0.138. The SMILES string of the molecule is NCC1CCC(C(=O)N2CCC[C@@H](c3ccccc3)C2)CC1. The zero-order valence-corrected chi connectivity index (χ0v) is 13.4. The van der Waals surface area contributed by atoms with E-state index < -0.39 is 0 Å². The van der Waals surface area contributed by atoms with Crippen LogP contribution >= 0.6 is 0 Å². The van der Waals surface area contributed by atoms with Gasteiger partial charge in [-0.05, 0) is 56.6 Å². The number of benzene rings is 1. The van der Waals surface area contributed by atoms with Crippen LogP contribution in [0.5, 0.6) is 0 Å². The highest BCUT2D eigenvalue weighted by atomic mass is 16.2. The third-order valence-corrected chi connectivity index (χ3v) is 5.53. The molecule has 1 atom stereocenters. The second-order valence-electron chi connectivity index (χ2n) is 6.99. The van der Waals surface area contributed by atoms with Crippen LogP contribution < -0.4 is 5.73 Å². The molecule has 0 spiro atoms. The van der Waals surface area contributed by atoms with Gasteiger partial charge in [0.25, 0.3) is 0 Å². The molecule has 3 heteroatoms. The maximum Gasteiger partial charge on any atom is 0.225 e. The second kappa shape index (κ2) is 7.28. The fourth-order valence-corrected chi connectivity index (χ4v) is 4.08. The Bertz CT molecular complexity index is 479. The van der Waals surface area contributed by atoms with E-state index in [0.717, 1.165) is 51.7 Å². The van der Waals surface area contributed by atoms with Gasteiger partial charge in [-0.25, -0.2) is 0 Å². The summed E-state index contributed by atoms with van der Waals surface area (Å²) in [6, 6.07) is 10.7. The Morgan fingerprint density at radius 3 is 2.50 bits per heavy atom. The van der Waals surface area contributed by atoms with Gasteiger partial charge >= 0.3 is 0 Å². The van der Waals surface area contributed by atoms with Crippen molar-refractivity contribution in [1.29, 1.82) is 0 Å². The molecule has 22 heavy (non-hydrogen) atoms. The molecule has 2 aliphatic rings. The Balaban J connectivity index is 1.59. The average molecular weight is 300 g/mol. The molecule has 1 saturated heterocycles. The van der Waals surface area contributed by atoms with Gasteiger partial charge in [0.05, 0.1) is 0 Å². The number of amides is 1. The zero-order chi connectivity index (χ0) is 15.4. The van der Waals surface area contributed by atoms with Gasteiger partial charge in [-0.2, -0.15) is 0 Å². The van der Waals surface area contributed by atoms with Gasteiger partial charge in [-0.3, -0.25) is 4.79 Å². The van der Waals surface area contributed by atoms with Crippen molar-refractivity contribution < 1.29 is 4.79 Å². The predicted molar refractivity (Wildman–Crippen MR) is 89.5 cm³/mol. The fourth-order valence-electron chi connectivity index (χ4n) is 4.08. The van der Waals surface area contributed by atoms with Gasteiger partial charge in [0.1, 0.15) is 0 Å². The number of rotatable bonds is 3. The van der Waals surface area contributed by atoms with Gasteiger partial charge in [-0.1, -0.05) is 30.3 Å². The number of hydrogen-bond acceptors (Lipinski definition) is 2. The first kappa shape index (κ1) is 15.5. The molecule has 2 fully saturated rings. The van der Waals surface area contributed by atoms with E-state index in [9.17, 15) is 4.79 Å². The molecule has 3 nitrogen and oxygen atoms in total. The van der Waals surface area contributed by atoms with Crippen LogP contribution in [0, 0.1) is 11.8 Å². The van der Waals surface area contributed by atoms with Crippen molar-refractivity contribution in [3.63, 3.8) is 0 Å². The Morgan fingerprint density at radius 2 is 1.82 bits per heavy atom. The number of piperidine rings is 1. The third-order valence-electron chi connectivity index (χ3n) is 5.53. The predicted octanol–water partition coefficient (Wildman–Crippen LogP) is 3.16. The van der Waals surface area contributed by atoms with Crippen LogP contribution in [-0.2, 0) is 4.79 Å². The molecule has 0 aromatic heterocycles. The summed E-state index contributed by atoms with van der Waals surface area (Å²) in [7, 11) is 0. The second-order valence-corrected chi connectivity index (χ2v) is 6.99. The van der Waals surface area contributed by atoms with E-state index >= 15 is 0 Å². The number of nitrogens with zero attached hydrogens (tertiary/aromatic N) is 1. The fraction of sp³-hybridized carbons (Fsp3) is 0.632. The van der Waals surface area contributed by atoms with Gasteiger partial charge < -0.3 is 10.6 Å². The molecular formula is C19H28N2O.